The van der Waals surface area contributed by atoms with Gasteiger partial charge in [-0.3, -0.25) is 4.98 Å². The normalized spacial score (nSPS) is 17.2. The number of thiocarbonyl (C=S) groups is 1. The molecule has 2 N–H and O–H groups in total. The van der Waals surface area contributed by atoms with E-state index in [0.29, 0.717) is 33.8 Å². The molecule has 1 saturated heterocycles. The first-order chi connectivity index (χ1) is 17.4. The van der Waals surface area contributed by atoms with E-state index in [2.05, 4.69) is 15.2 Å². The average molecular weight is 520 g/mol. The van der Waals surface area contributed by atoms with Crippen LogP contribution in [0.5, 0.6) is 5.75 Å². The van der Waals surface area contributed by atoms with Crippen LogP contribution in [-0.4, -0.2) is 33.2 Å². The third kappa shape index (κ3) is 4.65. The van der Waals surface area contributed by atoms with Gasteiger partial charge in [0.1, 0.15) is 23.3 Å². The first-order valence-corrected chi connectivity index (χ1v) is 12.0. The van der Waals surface area contributed by atoms with Crippen LogP contribution in [0.4, 0.5) is 0 Å². The fourth-order valence-corrected chi connectivity index (χ4v) is 4.83. The van der Waals surface area contributed by atoms with Crippen molar-refractivity contribution in [3.05, 3.63) is 107 Å². The average Bonchev–Trinajstić information content (AvgIpc) is 3.50. The van der Waals surface area contributed by atoms with Crippen LogP contribution in [0.1, 0.15) is 39.5 Å². The second-order valence-corrected chi connectivity index (χ2v) is 9.10. The summed E-state index contributed by atoms with van der Waals surface area (Å²) in [6, 6.07) is 21.2. The molecule has 7 nitrogen and oxygen atoms in total. The van der Waals surface area contributed by atoms with Crippen LogP contribution >= 0.6 is 23.8 Å². The number of hydrogen-bond acceptors (Lipinski definition) is 5. The number of benzene rings is 2. The van der Waals surface area contributed by atoms with Gasteiger partial charge in [-0.05, 0) is 72.4 Å². The Balaban J connectivity index is 1.54. The highest BCUT2D eigenvalue weighted by Crippen LogP contribution is 2.42. The first-order valence-electron chi connectivity index (χ1n) is 11.2. The molecule has 1 aliphatic rings. The molecule has 0 radical (unpaired) electrons. The van der Waals surface area contributed by atoms with E-state index in [1.54, 1.807) is 25.4 Å². The van der Waals surface area contributed by atoms with E-state index in [4.69, 9.17) is 33.0 Å². The van der Waals surface area contributed by atoms with Gasteiger partial charge in [0.15, 0.2) is 5.11 Å². The summed E-state index contributed by atoms with van der Waals surface area (Å²) in [5, 5.41) is 13.8. The number of methoxy groups -OCH3 is 1. The SMILES string of the molecule is COc1ccc(CN2C(=S)N[C@@H](c3ccccn3)[C@@H]2c2ccc(-c3cc(C(=O)O)ccc3Cl)o2)cc1. The molecule has 2 atom stereocenters. The van der Waals surface area contributed by atoms with E-state index >= 15 is 0 Å². The monoisotopic (exact) mass is 519 g/mol. The van der Waals surface area contributed by atoms with E-state index in [9.17, 15) is 9.90 Å². The molecule has 2 aromatic heterocycles. The number of nitrogens with one attached hydrogen (secondary N) is 1. The molecule has 1 fully saturated rings. The molecule has 0 aliphatic carbocycles. The number of carboxylic acids is 1. The number of hydrogen-bond donors (Lipinski definition) is 2. The summed E-state index contributed by atoms with van der Waals surface area (Å²) in [6.45, 7) is 0.537. The van der Waals surface area contributed by atoms with Crippen LogP contribution in [0, 0.1) is 0 Å². The number of carbonyl (C=O) groups is 1. The second kappa shape index (κ2) is 10.0. The van der Waals surface area contributed by atoms with Crippen LogP contribution in [0.25, 0.3) is 11.3 Å². The lowest BCUT2D eigenvalue weighted by Gasteiger charge is -2.26. The smallest absolute Gasteiger partial charge is 0.335 e. The molecule has 182 valence electrons. The van der Waals surface area contributed by atoms with E-state index in [1.807, 2.05) is 48.5 Å². The van der Waals surface area contributed by atoms with Crippen molar-refractivity contribution in [2.75, 3.05) is 7.11 Å². The van der Waals surface area contributed by atoms with E-state index in [1.165, 1.54) is 12.1 Å². The maximum absolute atomic E-state index is 11.5. The van der Waals surface area contributed by atoms with Crippen molar-refractivity contribution in [3.8, 4) is 17.1 Å². The Hall–Kier alpha value is -3.88. The highest BCUT2D eigenvalue weighted by Gasteiger charge is 2.41. The largest absolute Gasteiger partial charge is 0.497 e. The third-order valence-corrected chi connectivity index (χ3v) is 6.79. The van der Waals surface area contributed by atoms with Crippen molar-refractivity contribution >= 4 is 34.9 Å². The van der Waals surface area contributed by atoms with Gasteiger partial charge < -0.3 is 24.5 Å². The molecule has 0 spiro atoms. The molecular formula is C27H22ClN3O4S. The number of pyridine rings is 1. The summed E-state index contributed by atoms with van der Waals surface area (Å²) in [7, 11) is 1.63. The van der Waals surface area contributed by atoms with Gasteiger partial charge in [-0.15, -0.1) is 0 Å². The first kappa shape index (κ1) is 23.8. The molecule has 4 aromatic rings. The van der Waals surface area contributed by atoms with Crippen molar-refractivity contribution in [3.63, 3.8) is 0 Å². The zero-order chi connectivity index (χ0) is 25.2. The quantitative estimate of drug-likeness (QED) is 0.293. The van der Waals surface area contributed by atoms with Crippen molar-refractivity contribution in [1.29, 1.82) is 0 Å². The van der Waals surface area contributed by atoms with Gasteiger partial charge in [-0.1, -0.05) is 29.8 Å². The minimum Gasteiger partial charge on any atom is -0.497 e. The van der Waals surface area contributed by atoms with Crippen LogP contribution in [0.15, 0.2) is 83.4 Å². The number of ether oxygens (including phenoxy) is 1. The number of halogens is 1. The molecule has 0 bridgehead atoms. The van der Waals surface area contributed by atoms with Gasteiger partial charge in [0, 0.05) is 18.3 Å². The van der Waals surface area contributed by atoms with Gasteiger partial charge in [0.05, 0.1) is 29.4 Å². The Bertz CT molecular complexity index is 1410. The Morgan fingerprint density at radius 3 is 2.67 bits per heavy atom. The molecule has 0 amide bonds. The highest BCUT2D eigenvalue weighted by atomic mass is 35.5. The zero-order valence-electron chi connectivity index (χ0n) is 19.2. The minimum absolute atomic E-state index is 0.128. The highest BCUT2D eigenvalue weighted by molar-refractivity contribution is 7.80. The van der Waals surface area contributed by atoms with Gasteiger partial charge in [0.2, 0.25) is 0 Å². The second-order valence-electron chi connectivity index (χ2n) is 8.30. The summed E-state index contributed by atoms with van der Waals surface area (Å²) in [6.07, 6.45) is 1.74. The molecule has 0 unspecified atom stereocenters. The van der Waals surface area contributed by atoms with Crippen LogP contribution in [0.2, 0.25) is 5.02 Å². The number of furan rings is 1. The molecule has 0 saturated carbocycles. The third-order valence-electron chi connectivity index (χ3n) is 6.11. The van der Waals surface area contributed by atoms with Gasteiger partial charge in [-0.25, -0.2) is 4.79 Å². The number of carboxylic acid groups (broad SMARTS) is 1. The van der Waals surface area contributed by atoms with Gasteiger partial charge >= 0.3 is 5.97 Å². The fraction of sp³-hybridized carbons (Fsp3) is 0.148. The van der Waals surface area contributed by atoms with Crippen molar-refractivity contribution in [1.82, 2.24) is 15.2 Å². The van der Waals surface area contributed by atoms with Crippen molar-refractivity contribution < 1.29 is 19.1 Å². The maximum Gasteiger partial charge on any atom is 0.335 e. The number of nitrogens with zero attached hydrogens (tertiary/aromatic N) is 2. The van der Waals surface area contributed by atoms with Crippen molar-refractivity contribution in [2.24, 2.45) is 0 Å². The molecule has 36 heavy (non-hydrogen) atoms. The summed E-state index contributed by atoms with van der Waals surface area (Å²) in [5.41, 5.74) is 2.51. The summed E-state index contributed by atoms with van der Waals surface area (Å²) < 4.78 is 11.6. The zero-order valence-corrected chi connectivity index (χ0v) is 20.8. The Kier molecular flexibility index (Phi) is 6.63. The lowest BCUT2D eigenvalue weighted by molar-refractivity contribution is 0.0697. The molecule has 3 heterocycles. The molecule has 2 aromatic carbocycles. The van der Waals surface area contributed by atoms with Crippen LogP contribution in [-0.2, 0) is 6.54 Å². The molecule has 5 rings (SSSR count). The van der Waals surface area contributed by atoms with Crippen LogP contribution < -0.4 is 10.1 Å². The van der Waals surface area contributed by atoms with E-state index in [0.717, 1.165) is 17.0 Å². The Morgan fingerprint density at radius 2 is 1.97 bits per heavy atom. The maximum atomic E-state index is 11.5. The summed E-state index contributed by atoms with van der Waals surface area (Å²) in [4.78, 5) is 18.1. The lowest BCUT2D eigenvalue weighted by atomic mass is 10.0. The number of aromatic carboxylic acids is 1. The van der Waals surface area contributed by atoms with E-state index in [-0.39, 0.29) is 17.6 Å². The minimum atomic E-state index is -1.04. The summed E-state index contributed by atoms with van der Waals surface area (Å²) in [5.74, 6) is 0.865. The molecule has 9 heteroatoms. The molecule has 1 aliphatic heterocycles. The van der Waals surface area contributed by atoms with E-state index < -0.39 is 5.97 Å². The fourth-order valence-electron chi connectivity index (χ4n) is 4.32. The topological polar surface area (TPSA) is 87.8 Å². The lowest BCUT2D eigenvalue weighted by Crippen LogP contribution is -2.29. The Labute approximate surface area is 218 Å². The predicted octanol–water partition coefficient (Wildman–Crippen LogP) is 5.87. The van der Waals surface area contributed by atoms with Gasteiger partial charge in [-0.2, -0.15) is 0 Å². The predicted molar refractivity (Wildman–Crippen MR) is 140 cm³/mol. The molecular weight excluding hydrogens is 498 g/mol. The van der Waals surface area contributed by atoms with Crippen molar-refractivity contribution in [2.45, 2.75) is 18.6 Å². The summed E-state index contributed by atoms with van der Waals surface area (Å²) >= 11 is 12.1. The number of rotatable bonds is 7. The van der Waals surface area contributed by atoms with Gasteiger partial charge in [0.25, 0.3) is 0 Å². The standard InChI is InChI=1S/C27H22ClN3O4S/c1-34-18-8-5-16(6-9-18)15-31-25(24(30-27(31)36)21-4-2-3-13-29-21)23-12-11-22(35-23)19-14-17(26(32)33)7-10-20(19)28/h2-14,24-25H,15H2,1H3,(H,30,36)(H,32,33)/t24-,25-/m0/s1. The Morgan fingerprint density at radius 1 is 1.17 bits per heavy atom. The number of aromatic nitrogens is 1. The van der Waals surface area contributed by atoms with Crippen LogP contribution in [0.3, 0.4) is 0 Å².